The van der Waals surface area contributed by atoms with Gasteiger partial charge in [-0.25, -0.2) is 4.98 Å². The summed E-state index contributed by atoms with van der Waals surface area (Å²) in [6.07, 6.45) is 3.42. The summed E-state index contributed by atoms with van der Waals surface area (Å²) in [5, 5.41) is 1.16. The summed E-state index contributed by atoms with van der Waals surface area (Å²) in [5.74, 6) is 1.47. The van der Waals surface area contributed by atoms with Crippen LogP contribution in [0.2, 0.25) is 0 Å². The number of thiazole rings is 1. The summed E-state index contributed by atoms with van der Waals surface area (Å²) >= 11 is 1.76. The molecule has 0 spiro atoms. The van der Waals surface area contributed by atoms with Crippen LogP contribution in [0.15, 0.2) is 48.5 Å². The number of benzene rings is 2. The fourth-order valence-corrected chi connectivity index (χ4v) is 4.70. The Morgan fingerprint density at radius 1 is 1.17 bits per heavy atom. The SMILES string of the molecule is COc1ccc(OC)c(/C=C/C(=O)N2CC[NH+](Cc3nc4ccccc4s3)CC2)c1. The number of piperazine rings is 1. The normalized spacial score (nSPS) is 15.1. The molecule has 0 radical (unpaired) electrons. The number of hydrogen-bond acceptors (Lipinski definition) is 5. The minimum Gasteiger partial charge on any atom is -0.497 e. The topological polar surface area (TPSA) is 56.1 Å². The molecule has 1 aromatic heterocycles. The van der Waals surface area contributed by atoms with Crippen LogP contribution in [-0.4, -0.2) is 56.2 Å². The van der Waals surface area contributed by atoms with Crippen molar-refractivity contribution in [2.75, 3.05) is 40.4 Å². The summed E-state index contributed by atoms with van der Waals surface area (Å²) in [5.41, 5.74) is 1.90. The Labute approximate surface area is 180 Å². The number of ether oxygens (including phenoxy) is 2. The summed E-state index contributed by atoms with van der Waals surface area (Å²) in [4.78, 5) is 20.8. The first-order valence-corrected chi connectivity index (χ1v) is 10.8. The molecule has 3 aromatic rings. The number of carbonyl (C=O) groups is 1. The van der Waals surface area contributed by atoms with E-state index in [1.807, 2.05) is 29.2 Å². The highest BCUT2D eigenvalue weighted by atomic mass is 32.1. The van der Waals surface area contributed by atoms with Crippen molar-refractivity contribution < 1.29 is 19.2 Å². The molecule has 1 fully saturated rings. The maximum absolute atomic E-state index is 12.7. The van der Waals surface area contributed by atoms with Gasteiger partial charge >= 0.3 is 0 Å². The van der Waals surface area contributed by atoms with Crippen molar-refractivity contribution in [3.05, 3.63) is 59.1 Å². The van der Waals surface area contributed by atoms with Gasteiger partial charge in [0.15, 0.2) is 0 Å². The molecule has 1 N–H and O–H groups in total. The largest absolute Gasteiger partial charge is 0.497 e. The zero-order chi connectivity index (χ0) is 20.9. The highest BCUT2D eigenvalue weighted by molar-refractivity contribution is 7.18. The van der Waals surface area contributed by atoms with Gasteiger partial charge in [-0.1, -0.05) is 12.1 Å². The van der Waals surface area contributed by atoms with Crippen molar-refractivity contribution in [3.63, 3.8) is 0 Å². The molecule has 0 atom stereocenters. The van der Waals surface area contributed by atoms with E-state index in [4.69, 9.17) is 14.5 Å². The second-order valence-electron chi connectivity index (χ2n) is 7.27. The van der Waals surface area contributed by atoms with Crippen molar-refractivity contribution in [2.45, 2.75) is 6.54 Å². The number of amides is 1. The van der Waals surface area contributed by atoms with Crippen LogP contribution in [0.5, 0.6) is 11.5 Å². The molecule has 0 unspecified atom stereocenters. The van der Waals surface area contributed by atoms with E-state index in [9.17, 15) is 4.79 Å². The number of nitrogens with one attached hydrogen (secondary N) is 1. The highest BCUT2D eigenvalue weighted by Crippen LogP contribution is 2.25. The van der Waals surface area contributed by atoms with Crippen molar-refractivity contribution in [1.29, 1.82) is 0 Å². The minimum absolute atomic E-state index is 0.0268. The number of methoxy groups -OCH3 is 2. The molecule has 1 aliphatic rings. The van der Waals surface area contributed by atoms with Crippen LogP contribution in [0.25, 0.3) is 16.3 Å². The van der Waals surface area contributed by atoms with Gasteiger partial charge in [0.2, 0.25) is 5.91 Å². The maximum Gasteiger partial charge on any atom is 0.246 e. The van der Waals surface area contributed by atoms with E-state index in [1.54, 1.807) is 37.7 Å². The van der Waals surface area contributed by atoms with Gasteiger partial charge in [0.1, 0.15) is 23.1 Å². The Kier molecular flexibility index (Phi) is 6.30. The Morgan fingerprint density at radius 3 is 2.70 bits per heavy atom. The van der Waals surface area contributed by atoms with Gasteiger partial charge in [-0.3, -0.25) is 4.79 Å². The molecule has 1 aliphatic heterocycles. The molecule has 1 saturated heterocycles. The van der Waals surface area contributed by atoms with Gasteiger partial charge in [-0.05, 0) is 36.4 Å². The molecule has 7 heteroatoms. The van der Waals surface area contributed by atoms with Gasteiger partial charge < -0.3 is 19.3 Å². The Bertz CT molecular complexity index is 1020. The smallest absolute Gasteiger partial charge is 0.246 e. The molecule has 0 bridgehead atoms. The predicted octanol–water partition coefficient (Wildman–Crippen LogP) is 2.25. The fraction of sp³-hybridized carbons (Fsp3) is 0.304. The van der Waals surface area contributed by atoms with E-state index < -0.39 is 0 Å². The fourth-order valence-electron chi connectivity index (χ4n) is 3.67. The number of hydrogen-bond donors (Lipinski definition) is 1. The van der Waals surface area contributed by atoms with Gasteiger partial charge in [-0.2, -0.15) is 0 Å². The molecule has 156 valence electrons. The number of rotatable bonds is 6. The number of para-hydroxylation sites is 1. The summed E-state index contributed by atoms with van der Waals surface area (Å²) < 4.78 is 11.9. The van der Waals surface area contributed by atoms with Crippen LogP contribution in [0, 0.1) is 0 Å². The van der Waals surface area contributed by atoms with Crippen LogP contribution >= 0.6 is 11.3 Å². The van der Waals surface area contributed by atoms with E-state index in [-0.39, 0.29) is 5.91 Å². The second kappa shape index (κ2) is 9.28. The number of nitrogens with zero attached hydrogens (tertiary/aromatic N) is 2. The lowest BCUT2D eigenvalue weighted by atomic mass is 10.1. The van der Waals surface area contributed by atoms with Crippen LogP contribution in [0.1, 0.15) is 10.6 Å². The van der Waals surface area contributed by atoms with Crippen LogP contribution < -0.4 is 14.4 Å². The monoisotopic (exact) mass is 424 g/mol. The zero-order valence-electron chi connectivity index (χ0n) is 17.3. The third kappa shape index (κ3) is 4.63. The number of carbonyl (C=O) groups excluding carboxylic acids is 1. The number of quaternary nitrogens is 1. The Balaban J connectivity index is 1.33. The Hall–Kier alpha value is -2.90. The van der Waals surface area contributed by atoms with Crippen molar-refractivity contribution in [1.82, 2.24) is 9.88 Å². The molecular weight excluding hydrogens is 398 g/mol. The van der Waals surface area contributed by atoms with Crippen molar-refractivity contribution in [3.8, 4) is 11.5 Å². The molecule has 2 heterocycles. The van der Waals surface area contributed by atoms with Gasteiger partial charge in [-0.15, -0.1) is 11.3 Å². The first kappa shape index (κ1) is 20.4. The molecule has 2 aromatic carbocycles. The first-order valence-electron chi connectivity index (χ1n) is 10.0. The summed E-state index contributed by atoms with van der Waals surface area (Å²) in [7, 11) is 3.24. The van der Waals surface area contributed by atoms with E-state index >= 15 is 0 Å². The quantitative estimate of drug-likeness (QED) is 0.617. The Morgan fingerprint density at radius 2 is 1.97 bits per heavy atom. The minimum atomic E-state index is 0.0268. The molecule has 1 amide bonds. The third-order valence-corrected chi connectivity index (χ3v) is 6.40. The van der Waals surface area contributed by atoms with E-state index in [1.165, 1.54) is 9.60 Å². The first-order chi connectivity index (χ1) is 14.7. The van der Waals surface area contributed by atoms with Gasteiger partial charge in [0.25, 0.3) is 0 Å². The van der Waals surface area contributed by atoms with E-state index in [0.717, 1.165) is 54.6 Å². The summed E-state index contributed by atoms with van der Waals surface area (Å²) in [6, 6.07) is 13.8. The molecule has 0 aliphatic carbocycles. The van der Waals surface area contributed by atoms with E-state index in [0.29, 0.717) is 5.75 Å². The van der Waals surface area contributed by atoms with Gasteiger partial charge in [0, 0.05) is 11.6 Å². The zero-order valence-corrected chi connectivity index (χ0v) is 18.1. The standard InChI is InChI=1S/C23H25N3O3S/c1-28-18-8-9-20(29-2)17(15-18)7-10-23(27)26-13-11-25(12-14-26)16-22-24-19-5-3-4-6-21(19)30-22/h3-10,15H,11-14,16H2,1-2H3/p+1/b10-7+. The van der Waals surface area contributed by atoms with Gasteiger partial charge in [0.05, 0.1) is 50.6 Å². The van der Waals surface area contributed by atoms with Crippen molar-refractivity contribution >= 4 is 33.5 Å². The van der Waals surface area contributed by atoms with Crippen molar-refractivity contribution in [2.24, 2.45) is 0 Å². The molecule has 0 saturated carbocycles. The number of aromatic nitrogens is 1. The van der Waals surface area contributed by atoms with E-state index in [2.05, 4.69) is 18.2 Å². The number of fused-ring (bicyclic) bond motifs is 1. The molecular formula is C23H26N3O3S+. The lowest BCUT2D eigenvalue weighted by Gasteiger charge is -2.31. The second-order valence-corrected chi connectivity index (χ2v) is 8.38. The lowest BCUT2D eigenvalue weighted by molar-refractivity contribution is -0.917. The van der Waals surface area contributed by atoms with Crippen LogP contribution in [0.3, 0.4) is 0 Å². The average molecular weight is 425 g/mol. The van der Waals surface area contributed by atoms with Crippen LogP contribution in [0.4, 0.5) is 0 Å². The third-order valence-electron chi connectivity index (χ3n) is 5.36. The summed E-state index contributed by atoms with van der Waals surface area (Å²) in [6.45, 7) is 4.27. The molecule has 30 heavy (non-hydrogen) atoms. The maximum atomic E-state index is 12.7. The predicted molar refractivity (Wildman–Crippen MR) is 119 cm³/mol. The lowest BCUT2D eigenvalue weighted by Crippen LogP contribution is -3.13. The highest BCUT2D eigenvalue weighted by Gasteiger charge is 2.23. The average Bonchev–Trinajstić information content (AvgIpc) is 3.20. The molecule has 4 rings (SSSR count). The van der Waals surface area contributed by atoms with Crippen LogP contribution in [-0.2, 0) is 11.3 Å². The molecule has 6 nitrogen and oxygen atoms in total.